The lowest BCUT2D eigenvalue weighted by atomic mass is 10.2. The summed E-state index contributed by atoms with van der Waals surface area (Å²) in [6, 6.07) is 12.7. The smallest absolute Gasteiger partial charge is 0.264 e. The minimum atomic E-state index is -3.79. The zero-order valence-corrected chi connectivity index (χ0v) is 18.9. The molecular weight excluding hydrogens is 436 g/mol. The van der Waals surface area contributed by atoms with Gasteiger partial charge in [0.1, 0.15) is 5.82 Å². The Kier molecular flexibility index (Phi) is 7.13. The zero-order chi connectivity index (χ0) is 23.3. The number of aromatic nitrogens is 2. The predicted molar refractivity (Wildman–Crippen MR) is 117 cm³/mol. The van der Waals surface area contributed by atoms with E-state index in [0.29, 0.717) is 23.9 Å². The molecule has 0 fully saturated rings. The van der Waals surface area contributed by atoms with Gasteiger partial charge in [0.25, 0.3) is 15.9 Å². The van der Waals surface area contributed by atoms with E-state index in [2.05, 4.69) is 10.4 Å². The molecule has 0 spiro atoms. The normalized spacial score (nSPS) is 11.4. The van der Waals surface area contributed by atoms with E-state index in [0.717, 1.165) is 10.0 Å². The van der Waals surface area contributed by atoms with Gasteiger partial charge in [0.2, 0.25) is 0 Å². The maximum atomic E-state index is 12.7. The average Bonchev–Trinajstić information content (AvgIpc) is 3.24. The highest BCUT2D eigenvalue weighted by molar-refractivity contribution is 7.89. The lowest BCUT2D eigenvalue weighted by Crippen LogP contribution is -2.25. The van der Waals surface area contributed by atoms with E-state index >= 15 is 0 Å². The number of rotatable bonds is 9. The van der Waals surface area contributed by atoms with Crippen LogP contribution in [-0.4, -0.2) is 57.0 Å². The third-order valence-corrected chi connectivity index (χ3v) is 6.47. The highest BCUT2D eigenvalue weighted by Gasteiger charge is 2.21. The summed E-state index contributed by atoms with van der Waals surface area (Å²) in [7, 11) is 1.87. The lowest BCUT2D eigenvalue weighted by molar-refractivity contribution is -0.0258. The Hall–Kier alpha value is -3.41. The van der Waals surface area contributed by atoms with Crippen molar-refractivity contribution in [2.45, 2.75) is 11.4 Å². The van der Waals surface area contributed by atoms with Gasteiger partial charge in [-0.25, -0.2) is 13.1 Å². The van der Waals surface area contributed by atoms with Gasteiger partial charge in [0.15, 0.2) is 11.5 Å². The highest BCUT2D eigenvalue weighted by Crippen LogP contribution is 2.31. The number of benzene rings is 2. The molecule has 3 rings (SSSR count). The van der Waals surface area contributed by atoms with Gasteiger partial charge in [-0.05, 0) is 30.3 Å². The molecule has 0 aliphatic heterocycles. The molecule has 0 radical (unpaired) electrons. The van der Waals surface area contributed by atoms with E-state index < -0.39 is 15.9 Å². The highest BCUT2D eigenvalue weighted by atomic mass is 32.2. The first-order valence-corrected chi connectivity index (χ1v) is 10.9. The predicted octanol–water partition coefficient (Wildman–Crippen LogP) is 2.38. The van der Waals surface area contributed by atoms with E-state index in [1.54, 1.807) is 37.2 Å². The number of hydrogen-bond acceptors (Lipinski definition) is 7. The first kappa shape index (κ1) is 23.3. The molecule has 32 heavy (non-hydrogen) atoms. The Balaban J connectivity index is 1.78. The summed E-state index contributed by atoms with van der Waals surface area (Å²) in [4.78, 5) is 17.5. The maximum absolute atomic E-state index is 12.7. The van der Waals surface area contributed by atoms with Crippen molar-refractivity contribution < 1.29 is 27.5 Å². The number of amides is 1. The SMILES string of the molecule is COc1cccc(Cn2nccc2NC(=O)c2ccc(S(=O)(=O)N(C)OC)cc2)c1OC. The number of carbonyl (C=O) groups is 1. The summed E-state index contributed by atoms with van der Waals surface area (Å²) in [6.45, 7) is 0.337. The van der Waals surface area contributed by atoms with E-state index in [4.69, 9.17) is 14.3 Å². The summed E-state index contributed by atoms with van der Waals surface area (Å²) >= 11 is 0. The zero-order valence-electron chi connectivity index (χ0n) is 18.1. The van der Waals surface area contributed by atoms with Gasteiger partial charge in [0, 0.05) is 24.2 Å². The number of para-hydroxylation sites is 1. The van der Waals surface area contributed by atoms with Gasteiger partial charge in [-0.2, -0.15) is 5.10 Å². The van der Waals surface area contributed by atoms with Crippen LogP contribution < -0.4 is 14.8 Å². The molecule has 0 atom stereocenters. The number of sulfonamides is 1. The molecule has 1 heterocycles. The number of nitrogens with one attached hydrogen (secondary N) is 1. The van der Waals surface area contributed by atoms with Crippen LogP contribution >= 0.6 is 0 Å². The van der Waals surface area contributed by atoms with E-state index in [-0.39, 0.29) is 10.5 Å². The largest absolute Gasteiger partial charge is 0.493 e. The molecule has 0 saturated heterocycles. The fourth-order valence-electron chi connectivity index (χ4n) is 3.02. The van der Waals surface area contributed by atoms with Crippen LogP contribution in [0, 0.1) is 0 Å². The Labute approximate surface area is 186 Å². The first-order chi connectivity index (χ1) is 15.3. The van der Waals surface area contributed by atoms with Gasteiger partial charge >= 0.3 is 0 Å². The summed E-state index contributed by atoms with van der Waals surface area (Å²) in [5, 5.41) is 7.06. The molecule has 2 aromatic carbocycles. The molecule has 3 aromatic rings. The quantitative estimate of drug-likeness (QED) is 0.488. The third kappa shape index (κ3) is 4.74. The van der Waals surface area contributed by atoms with Crippen LogP contribution in [0.1, 0.15) is 15.9 Å². The molecule has 0 aliphatic carbocycles. The monoisotopic (exact) mass is 460 g/mol. The van der Waals surface area contributed by atoms with Crippen molar-refractivity contribution in [2.75, 3.05) is 33.7 Å². The molecule has 0 aliphatic rings. The second-order valence-corrected chi connectivity index (χ2v) is 8.54. The second-order valence-electron chi connectivity index (χ2n) is 6.60. The second kappa shape index (κ2) is 9.81. The van der Waals surface area contributed by atoms with Crippen molar-refractivity contribution in [3.8, 4) is 11.5 Å². The molecule has 170 valence electrons. The van der Waals surface area contributed by atoms with Crippen molar-refractivity contribution in [3.63, 3.8) is 0 Å². The van der Waals surface area contributed by atoms with E-state index in [1.807, 2.05) is 12.1 Å². The van der Waals surface area contributed by atoms with Crippen molar-refractivity contribution >= 4 is 21.7 Å². The van der Waals surface area contributed by atoms with Crippen molar-refractivity contribution in [1.29, 1.82) is 0 Å². The van der Waals surface area contributed by atoms with Gasteiger partial charge in [-0.1, -0.05) is 16.6 Å². The lowest BCUT2D eigenvalue weighted by Gasteiger charge is -2.15. The van der Waals surface area contributed by atoms with Crippen LogP contribution in [0.4, 0.5) is 5.82 Å². The van der Waals surface area contributed by atoms with Crippen LogP contribution in [0.3, 0.4) is 0 Å². The molecule has 1 N–H and O–H groups in total. The summed E-state index contributed by atoms with van der Waals surface area (Å²) in [6.07, 6.45) is 1.57. The number of methoxy groups -OCH3 is 2. The number of hydroxylamine groups is 1. The Morgan fingerprint density at radius 3 is 2.41 bits per heavy atom. The van der Waals surface area contributed by atoms with E-state index in [9.17, 15) is 13.2 Å². The first-order valence-electron chi connectivity index (χ1n) is 9.48. The average molecular weight is 461 g/mol. The molecule has 10 nitrogen and oxygen atoms in total. The summed E-state index contributed by atoms with van der Waals surface area (Å²) in [5.41, 5.74) is 1.11. The van der Waals surface area contributed by atoms with Crippen LogP contribution in [0.15, 0.2) is 59.6 Å². The van der Waals surface area contributed by atoms with Crippen LogP contribution in [0.25, 0.3) is 0 Å². The maximum Gasteiger partial charge on any atom is 0.264 e. The minimum absolute atomic E-state index is 0.00793. The van der Waals surface area contributed by atoms with Gasteiger partial charge in [0.05, 0.1) is 39.0 Å². The Bertz CT molecular complexity index is 1190. The van der Waals surface area contributed by atoms with Gasteiger partial charge in [-0.15, -0.1) is 0 Å². The van der Waals surface area contributed by atoms with Crippen molar-refractivity contribution in [2.24, 2.45) is 0 Å². The molecule has 0 saturated carbocycles. The summed E-state index contributed by atoms with van der Waals surface area (Å²) < 4.78 is 37.7. The van der Waals surface area contributed by atoms with Crippen LogP contribution in [0.5, 0.6) is 11.5 Å². The van der Waals surface area contributed by atoms with Crippen molar-refractivity contribution in [1.82, 2.24) is 14.2 Å². The number of nitrogens with zero attached hydrogens (tertiary/aromatic N) is 3. The molecular formula is C21H24N4O6S. The standard InChI is InChI=1S/C21H24N4O6S/c1-24(31-4)32(27,28)17-10-8-15(9-11-17)21(26)23-19-12-13-22-25(19)14-16-6-5-7-18(29-2)20(16)30-3/h5-13H,14H2,1-4H3,(H,23,26). The number of hydrogen-bond donors (Lipinski definition) is 1. The molecule has 0 bridgehead atoms. The molecule has 1 aromatic heterocycles. The number of anilines is 1. The summed E-state index contributed by atoms with van der Waals surface area (Å²) in [5.74, 6) is 1.24. The molecule has 0 unspecified atom stereocenters. The number of ether oxygens (including phenoxy) is 2. The fraction of sp³-hybridized carbons (Fsp3) is 0.238. The Morgan fingerprint density at radius 2 is 1.78 bits per heavy atom. The van der Waals surface area contributed by atoms with Crippen LogP contribution in [0.2, 0.25) is 0 Å². The molecule has 11 heteroatoms. The number of carbonyl (C=O) groups excluding carboxylic acids is 1. The minimum Gasteiger partial charge on any atom is -0.493 e. The molecule has 1 amide bonds. The fourth-order valence-corrected chi connectivity index (χ4v) is 3.99. The topological polar surface area (TPSA) is 112 Å². The third-order valence-electron chi connectivity index (χ3n) is 4.77. The van der Waals surface area contributed by atoms with Gasteiger partial charge < -0.3 is 14.8 Å². The van der Waals surface area contributed by atoms with E-state index in [1.165, 1.54) is 38.4 Å². The van der Waals surface area contributed by atoms with Gasteiger partial charge in [-0.3, -0.25) is 9.63 Å². The van der Waals surface area contributed by atoms with Crippen molar-refractivity contribution in [3.05, 3.63) is 65.9 Å². The Morgan fingerprint density at radius 1 is 1.06 bits per heavy atom. The van der Waals surface area contributed by atoms with Crippen LogP contribution in [-0.2, 0) is 21.4 Å².